The minimum absolute atomic E-state index is 0.00840. The normalized spacial score (nSPS) is 17.3. The summed E-state index contributed by atoms with van der Waals surface area (Å²) in [5.41, 5.74) is 7.87. The number of aliphatic carboxylic acids is 1. The van der Waals surface area contributed by atoms with E-state index in [2.05, 4.69) is 15.3 Å². The van der Waals surface area contributed by atoms with Gasteiger partial charge in [-0.25, -0.2) is 14.4 Å². The van der Waals surface area contributed by atoms with E-state index in [0.29, 0.717) is 42.3 Å². The number of carboxylic acid groups (broad SMARTS) is 1. The Bertz CT molecular complexity index is 1710. The maximum atomic E-state index is 15.3. The summed E-state index contributed by atoms with van der Waals surface area (Å²) >= 11 is 0. The van der Waals surface area contributed by atoms with Crippen molar-refractivity contribution in [2.24, 2.45) is 7.05 Å². The van der Waals surface area contributed by atoms with Gasteiger partial charge in [0.05, 0.1) is 31.1 Å². The van der Waals surface area contributed by atoms with E-state index in [-0.39, 0.29) is 29.8 Å². The number of anilines is 1. The fourth-order valence-corrected chi connectivity index (χ4v) is 6.05. The lowest BCUT2D eigenvalue weighted by molar-refractivity contribution is -0.137. The first-order chi connectivity index (χ1) is 19.2. The van der Waals surface area contributed by atoms with Crippen LogP contribution in [0.1, 0.15) is 52.6 Å². The summed E-state index contributed by atoms with van der Waals surface area (Å²) in [5, 5.41) is 12.5. The van der Waals surface area contributed by atoms with Crippen LogP contribution in [0.25, 0.3) is 22.4 Å². The van der Waals surface area contributed by atoms with Crippen LogP contribution < -0.4 is 15.6 Å². The topological polar surface area (TPSA) is 106 Å². The van der Waals surface area contributed by atoms with E-state index in [1.807, 2.05) is 32.0 Å². The number of hydrogen-bond acceptors (Lipinski definition) is 6. The van der Waals surface area contributed by atoms with Gasteiger partial charge in [-0.3, -0.25) is 9.59 Å². The number of benzene rings is 2. The van der Waals surface area contributed by atoms with Crippen LogP contribution in [0.4, 0.5) is 10.2 Å². The zero-order valence-electron chi connectivity index (χ0n) is 22.5. The van der Waals surface area contributed by atoms with Gasteiger partial charge in [-0.2, -0.15) is 0 Å². The van der Waals surface area contributed by atoms with Gasteiger partial charge in [0.1, 0.15) is 17.4 Å². The number of carboxylic acids is 1. The van der Waals surface area contributed by atoms with Crippen molar-refractivity contribution in [3.05, 3.63) is 92.9 Å². The molecule has 1 aliphatic carbocycles. The van der Waals surface area contributed by atoms with Crippen molar-refractivity contribution in [1.82, 2.24) is 14.5 Å². The third-order valence-corrected chi connectivity index (χ3v) is 7.93. The highest BCUT2D eigenvalue weighted by atomic mass is 19.1. The second-order valence-corrected chi connectivity index (χ2v) is 10.6. The number of nitrogens with one attached hydrogen (secondary N) is 1. The Morgan fingerprint density at radius 1 is 1.18 bits per heavy atom. The lowest BCUT2D eigenvalue weighted by Gasteiger charge is -2.19. The first-order valence-electron chi connectivity index (χ1n) is 13.3. The number of ether oxygens (including phenoxy) is 1. The van der Waals surface area contributed by atoms with E-state index >= 15 is 4.39 Å². The maximum Gasteiger partial charge on any atom is 0.304 e. The summed E-state index contributed by atoms with van der Waals surface area (Å²) in [7, 11) is 1.67. The molecule has 2 aromatic heterocycles. The third-order valence-electron chi connectivity index (χ3n) is 7.93. The maximum absolute atomic E-state index is 15.3. The molecule has 2 atom stereocenters. The lowest BCUT2D eigenvalue weighted by Crippen LogP contribution is -2.15. The molecule has 0 unspecified atom stereocenters. The van der Waals surface area contributed by atoms with E-state index < -0.39 is 5.97 Å². The molecular formula is C31H29FN4O4. The van der Waals surface area contributed by atoms with Gasteiger partial charge in [-0.1, -0.05) is 6.07 Å². The summed E-state index contributed by atoms with van der Waals surface area (Å²) in [5.74, 6) is -0.171. The number of halogens is 1. The van der Waals surface area contributed by atoms with Gasteiger partial charge < -0.3 is 19.7 Å². The molecule has 0 saturated heterocycles. The fraction of sp³-hybridized carbons (Fsp3) is 0.290. The van der Waals surface area contributed by atoms with Gasteiger partial charge in [0.15, 0.2) is 0 Å². The predicted octanol–water partition coefficient (Wildman–Crippen LogP) is 5.32. The van der Waals surface area contributed by atoms with Crippen LogP contribution in [0.15, 0.2) is 53.7 Å². The molecule has 0 spiro atoms. The van der Waals surface area contributed by atoms with E-state index in [4.69, 9.17) is 9.84 Å². The van der Waals surface area contributed by atoms with Crippen molar-refractivity contribution in [2.75, 3.05) is 11.9 Å². The highest BCUT2D eigenvalue weighted by Gasteiger charge is 2.31. The van der Waals surface area contributed by atoms with Crippen LogP contribution in [0.5, 0.6) is 5.75 Å². The molecule has 0 bridgehead atoms. The first-order valence-corrected chi connectivity index (χ1v) is 13.3. The van der Waals surface area contributed by atoms with Crippen molar-refractivity contribution < 1.29 is 19.0 Å². The Kier molecular flexibility index (Phi) is 6.37. The lowest BCUT2D eigenvalue weighted by atomic mass is 9.88. The van der Waals surface area contributed by atoms with Gasteiger partial charge in [0.2, 0.25) is 0 Å². The highest BCUT2D eigenvalue weighted by molar-refractivity contribution is 5.79. The molecule has 2 N–H and O–H groups in total. The van der Waals surface area contributed by atoms with Gasteiger partial charge in [0, 0.05) is 48.0 Å². The number of carbonyl (C=O) groups is 1. The predicted molar refractivity (Wildman–Crippen MR) is 149 cm³/mol. The van der Waals surface area contributed by atoms with Crippen molar-refractivity contribution in [1.29, 1.82) is 0 Å². The highest BCUT2D eigenvalue weighted by Crippen LogP contribution is 2.44. The second-order valence-electron chi connectivity index (χ2n) is 10.6. The number of rotatable bonds is 6. The van der Waals surface area contributed by atoms with Gasteiger partial charge in [0.25, 0.3) is 5.56 Å². The average Bonchev–Trinajstić information content (AvgIpc) is 3.51. The minimum atomic E-state index is -0.875. The summed E-state index contributed by atoms with van der Waals surface area (Å²) in [6.07, 6.45) is 4.59. The number of aromatic nitrogens is 3. The number of aryl methyl sites for hydroxylation is 3. The zero-order chi connectivity index (χ0) is 28.1. The molecule has 6 rings (SSSR count). The number of nitrogens with zero attached hydrogens (tertiary/aromatic N) is 3. The van der Waals surface area contributed by atoms with Crippen LogP contribution in [0, 0.1) is 19.7 Å². The zero-order valence-corrected chi connectivity index (χ0v) is 22.5. The van der Waals surface area contributed by atoms with Crippen LogP contribution in [-0.2, 0) is 18.3 Å². The molecule has 204 valence electrons. The molecule has 0 fully saturated rings. The van der Waals surface area contributed by atoms with Crippen LogP contribution in [0.3, 0.4) is 0 Å². The Labute approximate surface area is 230 Å². The standard InChI is InChI=1S/C31H29FN4O4/c1-16-8-18(25-11-28(37)36(3)15-34-25)9-17(2)30(16)20-4-6-23(32)31-21(20)5-7-24(31)35-27-12-26-22(13-33-27)19(14-40-26)10-29(38)39/h4,6,8-9,11-13,15,19,24H,5,7,10,14H2,1-3H3,(H,33,35)(H,38,39)/t19-,24-/m1/s1. The molecule has 3 heterocycles. The van der Waals surface area contributed by atoms with E-state index in [1.54, 1.807) is 19.3 Å². The molecule has 1 aliphatic heterocycles. The van der Waals surface area contributed by atoms with E-state index in [9.17, 15) is 9.59 Å². The second kappa shape index (κ2) is 9.89. The summed E-state index contributed by atoms with van der Waals surface area (Å²) in [6, 6.07) is 10.5. The number of hydrogen-bond donors (Lipinski definition) is 2. The van der Waals surface area contributed by atoms with Crippen LogP contribution in [-0.4, -0.2) is 32.2 Å². The number of pyridine rings is 1. The quantitative estimate of drug-likeness (QED) is 0.341. The van der Waals surface area contributed by atoms with Crippen molar-refractivity contribution in [3.63, 3.8) is 0 Å². The van der Waals surface area contributed by atoms with Crippen molar-refractivity contribution in [3.8, 4) is 28.1 Å². The molecule has 2 aromatic carbocycles. The molecule has 0 radical (unpaired) electrons. The van der Waals surface area contributed by atoms with E-state index in [1.165, 1.54) is 23.0 Å². The van der Waals surface area contributed by atoms with Crippen molar-refractivity contribution in [2.45, 2.75) is 45.1 Å². The largest absolute Gasteiger partial charge is 0.492 e. The molecule has 4 aromatic rings. The summed E-state index contributed by atoms with van der Waals surface area (Å²) in [4.78, 5) is 32.2. The average molecular weight is 541 g/mol. The smallest absolute Gasteiger partial charge is 0.304 e. The van der Waals surface area contributed by atoms with Crippen molar-refractivity contribution >= 4 is 11.8 Å². The third kappa shape index (κ3) is 4.51. The SMILES string of the molecule is Cc1cc(-c2cc(=O)n(C)cn2)cc(C)c1-c1ccc(F)c2c1CC[C@H]2Nc1cc2c(cn1)[C@H](CC(=O)O)CO2. The molecule has 0 amide bonds. The Morgan fingerprint density at radius 3 is 2.67 bits per heavy atom. The monoisotopic (exact) mass is 540 g/mol. The molecule has 8 nitrogen and oxygen atoms in total. The molecule has 9 heteroatoms. The van der Waals surface area contributed by atoms with E-state index in [0.717, 1.165) is 38.9 Å². The Balaban J connectivity index is 1.31. The fourth-order valence-electron chi connectivity index (χ4n) is 6.05. The van der Waals surface area contributed by atoms with Crippen LogP contribution >= 0.6 is 0 Å². The van der Waals surface area contributed by atoms with Gasteiger partial charge in [-0.05, 0) is 72.7 Å². The molecular weight excluding hydrogens is 511 g/mol. The molecule has 2 aliphatic rings. The van der Waals surface area contributed by atoms with Crippen LogP contribution in [0.2, 0.25) is 0 Å². The van der Waals surface area contributed by atoms with Gasteiger partial charge in [-0.15, -0.1) is 0 Å². The number of fused-ring (bicyclic) bond motifs is 2. The Morgan fingerprint density at radius 2 is 1.95 bits per heavy atom. The Hall–Kier alpha value is -4.53. The molecule has 0 saturated carbocycles. The first kappa shape index (κ1) is 25.7. The summed E-state index contributed by atoms with van der Waals surface area (Å²) in [6.45, 7) is 4.37. The minimum Gasteiger partial charge on any atom is -0.492 e. The summed E-state index contributed by atoms with van der Waals surface area (Å²) < 4.78 is 22.5. The van der Waals surface area contributed by atoms with Gasteiger partial charge >= 0.3 is 5.97 Å². The molecule has 40 heavy (non-hydrogen) atoms.